The number of methoxy groups -OCH3 is 1. The molecule has 0 aliphatic rings. The molecule has 15 heavy (non-hydrogen) atoms. The summed E-state index contributed by atoms with van der Waals surface area (Å²) in [6.45, 7) is 0. The van der Waals surface area contributed by atoms with Gasteiger partial charge in [0, 0.05) is 6.20 Å². The van der Waals surface area contributed by atoms with Gasteiger partial charge in [-0.2, -0.15) is 10.1 Å². The van der Waals surface area contributed by atoms with Crippen molar-refractivity contribution >= 4 is 38.5 Å². The SMILES string of the molecule is COc1nc(-n2cc(I)cn2)ncc1Br. The summed E-state index contributed by atoms with van der Waals surface area (Å²) < 4.78 is 8.41. The van der Waals surface area contributed by atoms with Crippen LogP contribution in [0, 0.1) is 3.57 Å². The Kier molecular flexibility index (Phi) is 3.19. The second-order valence-electron chi connectivity index (χ2n) is 2.63. The molecule has 0 spiro atoms. The van der Waals surface area contributed by atoms with E-state index in [1.807, 2.05) is 6.20 Å². The number of ether oxygens (including phenoxy) is 1. The first-order valence-corrected chi connectivity index (χ1v) is 5.85. The number of halogens is 2. The maximum atomic E-state index is 5.07. The first-order chi connectivity index (χ1) is 7.20. The molecular weight excluding hydrogens is 375 g/mol. The van der Waals surface area contributed by atoms with E-state index in [0.717, 1.165) is 8.04 Å². The summed E-state index contributed by atoms with van der Waals surface area (Å²) in [5, 5.41) is 4.10. The van der Waals surface area contributed by atoms with Crippen LogP contribution in [0.15, 0.2) is 23.1 Å². The number of hydrogen-bond acceptors (Lipinski definition) is 4. The van der Waals surface area contributed by atoms with Crippen molar-refractivity contribution in [2.75, 3.05) is 7.11 Å². The number of aromatic nitrogens is 4. The fraction of sp³-hybridized carbons (Fsp3) is 0.125. The zero-order valence-corrected chi connectivity index (χ0v) is 11.4. The highest BCUT2D eigenvalue weighted by molar-refractivity contribution is 14.1. The molecule has 78 valence electrons. The van der Waals surface area contributed by atoms with Crippen LogP contribution in [-0.2, 0) is 0 Å². The van der Waals surface area contributed by atoms with Crippen LogP contribution in [0.1, 0.15) is 0 Å². The van der Waals surface area contributed by atoms with E-state index in [9.17, 15) is 0 Å². The minimum absolute atomic E-state index is 0.484. The molecule has 0 aliphatic heterocycles. The summed E-state index contributed by atoms with van der Waals surface area (Å²) in [6, 6.07) is 0. The summed E-state index contributed by atoms with van der Waals surface area (Å²) in [7, 11) is 1.56. The molecule has 0 aliphatic carbocycles. The molecule has 0 amide bonds. The quantitative estimate of drug-likeness (QED) is 0.748. The molecule has 5 nitrogen and oxygen atoms in total. The minimum Gasteiger partial charge on any atom is -0.480 e. The Balaban J connectivity index is 2.45. The smallest absolute Gasteiger partial charge is 0.253 e. The highest BCUT2D eigenvalue weighted by atomic mass is 127. The van der Waals surface area contributed by atoms with E-state index >= 15 is 0 Å². The molecule has 0 aromatic carbocycles. The van der Waals surface area contributed by atoms with E-state index in [0.29, 0.717) is 11.8 Å². The first kappa shape index (κ1) is 10.8. The van der Waals surface area contributed by atoms with Gasteiger partial charge in [0.15, 0.2) is 0 Å². The normalized spacial score (nSPS) is 10.3. The first-order valence-electron chi connectivity index (χ1n) is 3.98. The van der Waals surface area contributed by atoms with Gasteiger partial charge in [0.2, 0.25) is 5.88 Å². The van der Waals surface area contributed by atoms with Crippen molar-refractivity contribution in [1.29, 1.82) is 0 Å². The Hall–Kier alpha value is -0.700. The zero-order valence-electron chi connectivity index (χ0n) is 7.69. The summed E-state index contributed by atoms with van der Waals surface area (Å²) in [6.07, 6.45) is 5.21. The molecule has 2 rings (SSSR count). The number of nitrogens with zero attached hydrogens (tertiary/aromatic N) is 4. The Labute approximate surface area is 108 Å². The van der Waals surface area contributed by atoms with Crippen LogP contribution in [0.4, 0.5) is 0 Å². The van der Waals surface area contributed by atoms with Crippen LogP contribution < -0.4 is 4.74 Å². The van der Waals surface area contributed by atoms with Crippen LogP contribution in [-0.4, -0.2) is 26.9 Å². The predicted octanol–water partition coefficient (Wildman–Crippen LogP) is 2.04. The lowest BCUT2D eigenvalue weighted by atomic mass is 10.6. The van der Waals surface area contributed by atoms with Gasteiger partial charge in [-0.1, -0.05) is 0 Å². The number of hydrogen-bond donors (Lipinski definition) is 0. The molecule has 0 saturated carbocycles. The van der Waals surface area contributed by atoms with Crippen molar-refractivity contribution in [3.8, 4) is 11.8 Å². The fourth-order valence-electron chi connectivity index (χ4n) is 1.01. The summed E-state index contributed by atoms with van der Waals surface area (Å²) >= 11 is 5.46. The Morgan fingerprint density at radius 2 is 2.27 bits per heavy atom. The molecule has 0 saturated heterocycles. The molecule has 0 N–H and O–H groups in total. The lowest BCUT2D eigenvalue weighted by Crippen LogP contribution is -2.03. The Bertz CT molecular complexity index is 487. The predicted molar refractivity (Wildman–Crippen MR) is 66.1 cm³/mol. The number of rotatable bonds is 2. The second-order valence-corrected chi connectivity index (χ2v) is 4.73. The largest absolute Gasteiger partial charge is 0.480 e. The van der Waals surface area contributed by atoms with E-state index in [-0.39, 0.29) is 0 Å². The molecule has 2 heterocycles. The monoisotopic (exact) mass is 380 g/mol. The van der Waals surface area contributed by atoms with Crippen molar-refractivity contribution in [1.82, 2.24) is 19.7 Å². The fourth-order valence-corrected chi connectivity index (χ4v) is 1.75. The van der Waals surface area contributed by atoms with Crippen LogP contribution in [0.2, 0.25) is 0 Å². The van der Waals surface area contributed by atoms with Crippen molar-refractivity contribution in [2.24, 2.45) is 0 Å². The van der Waals surface area contributed by atoms with Crippen LogP contribution >= 0.6 is 38.5 Å². The van der Waals surface area contributed by atoms with Crippen molar-refractivity contribution in [3.63, 3.8) is 0 Å². The molecule has 2 aromatic rings. The minimum atomic E-state index is 0.484. The van der Waals surface area contributed by atoms with Gasteiger partial charge in [0.05, 0.1) is 27.5 Å². The molecular formula is C8H6BrIN4O. The topological polar surface area (TPSA) is 52.8 Å². The average Bonchev–Trinajstić information content (AvgIpc) is 2.66. The van der Waals surface area contributed by atoms with Gasteiger partial charge in [-0.3, -0.25) is 0 Å². The lowest BCUT2D eigenvalue weighted by molar-refractivity contribution is 0.392. The van der Waals surface area contributed by atoms with Crippen LogP contribution in [0.25, 0.3) is 5.95 Å². The third-order valence-corrected chi connectivity index (χ3v) is 2.75. The molecule has 0 fully saturated rings. The maximum Gasteiger partial charge on any atom is 0.253 e. The standard InChI is InChI=1S/C8H6BrIN4O/c1-15-7-6(9)3-11-8(13-7)14-4-5(10)2-12-14/h2-4H,1H3. The third-order valence-electron chi connectivity index (χ3n) is 1.65. The summed E-state index contributed by atoms with van der Waals surface area (Å²) in [5.41, 5.74) is 0. The van der Waals surface area contributed by atoms with Gasteiger partial charge in [-0.15, -0.1) is 0 Å². The highest BCUT2D eigenvalue weighted by Crippen LogP contribution is 2.21. The van der Waals surface area contributed by atoms with Gasteiger partial charge >= 0.3 is 0 Å². The second kappa shape index (κ2) is 4.44. The Morgan fingerprint density at radius 1 is 1.47 bits per heavy atom. The summed E-state index contributed by atoms with van der Waals surface area (Å²) in [5.74, 6) is 0.975. The van der Waals surface area contributed by atoms with E-state index in [4.69, 9.17) is 4.74 Å². The van der Waals surface area contributed by atoms with E-state index in [2.05, 4.69) is 53.6 Å². The van der Waals surface area contributed by atoms with Gasteiger partial charge < -0.3 is 4.74 Å². The highest BCUT2D eigenvalue weighted by Gasteiger charge is 2.07. The summed E-state index contributed by atoms with van der Waals surface area (Å²) in [4.78, 5) is 8.32. The van der Waals surface area contributed by atoms with Crippen LogP contribution in [0.5, 0.6) is 5.88 Å². The van der Waals surface area contributed by atoms with Gasteiger partial charge in [0.1, 0.15) is 0 Å². The third kappa shape index (κ3) is 2.28. The van der Waals surface area contributed by atoms with E-state index in [1.165, 1.54) is 0 Å². The molecule has 0 unspecified atom stereocenters. The van der Waals surface area contributed by atoms with Crippen molar-refractivity contribution in [3.05, 3.63) is 26.6 Å². The van der Waals surface area contributed by atoms with Crippen LogP contribution in [0.3, 0.4) is 0 Å². The molecule has 0 atom stereocenters. The Morgan fingerprint density at radius 3 is 2.87 bits per heavy atom. The van der Waals surface area contributed by atoms with Gasteiger partial charge in [-0.25, -0.2) is 9.67 Å². The maximum absolute atomic E-state index is 5.07. The van der Waals surface area contributed by atoms with Crippen molar-refractivity contribution < 1.29 is 4.74 Å². The molecule has 2 aromatic heterocycles. The average molecular weight is 381 g/mol. The van der Waals surface area contributed by atoms with Gasteiger partial charge in [0.25, 0.3) is 5.95 Å². The molecule has 0 bridgehead atoms. The molecule has 7 heteroatoms. The molecule has 0 radical (unpaired) electrons. The van der Waals surface area contributed by atoms with Crippen molar-refractivity contribution in [2.45, 2.75) is 0 Å². The van der Waals surface area contributed by atoms with E-state index in [1.54, 1.807) is 24.2 Å². The van der Waals surface area contributed by atoms with Gasteiger partial charge in [-0.05, 0) is 38.5 Å². The lowest BCUT2D eigenvalue weighted by Gasteiger charge is -2.03. The van der Waals surface area contributed by atoms with E-state index < -0.39 is 0 Å². The zero-order chi connectivity index (χ0) is 10.8.